The van der Waals surface area contributed by atoms with E-state index < -0.39 is 0 Å². The monoisotopic (exact) mass is 529 g/mol. The summed E-state index contributed by atoms with van der Waals surface area (Å²) in [4.78, 5) is 14.0. The quantitative estimate of drug-likeness (QED) is 0.393. The van der Waals surface area contributed by atoms with Gasteiger partial charge in [0.25, 0.3) is 0 Å². The van der Waals surface area contributed by atoms with Crippen LogP contribution in [0, 0.1) is 11.3 Å². The molecule has 4 rings (SSSR count). The zero-order chi connectivity index (χ0) is 22.5. The predicted octanol–water partition coefficient (Wildman–Crippen LogP) is 6.05. The van der Waals surface area contributed by atoms with Crippen molar-refractivity contribution in [2.45, 2.75) is 57.1 Å². The lowest BCUT2D eigenvalue weighted by atomic mass is 9.97. The molecular weight excluding hydrogens is 506 g/mol. The third kappa shape index (κ3) is 5.08. The number of thiophene rings is 1. The maximum atomic E-state index is 12.7. The summed E-state index contributed by atoms with van der Waals surface area (Å²) in [5.41, 5.74) is 2.78. The van der Waals surface area contributed by atoms with Crippen LogP contribution in [0.15, 0.2) is 33.9 Å². The van der Waals surface area contributed by atoms with E-state index in [1.54, 1.807) is 11.3 Å². The van der Waals surface area contributed by atoms with Crippen molar-refractivity contribution in [3.63, 3.8) is 0 Å². The first-order chi connectivity index (χ1) is 15.6. The highest BCUT2D eigenvalue weighted by atomic mass is 79.9. The lowest BCUT2D eigenvalue weighted by molar-refractivity contribution is -0.113. The van der Waals surface area contributed by atoms with E-state index in [1.807, 2.05) is 35.8 Å². The van der Waals surface area contributed by atoms with Crippen molar-refractivity contribution in [2.75, 3.05) is 11.1 Å². The highest BCUT2D eigenvalue weighted by Gasteiger charge is 2.21. The largest absolute Gasteiger partial charge is 0.316 e. The predicted molar refractivity (Wildman–Crippen MR) is 133 cm³/mol. The number of carbonyl (C=O) groups excluding carboxylic acids is 1. The van der Waals surface area contributed by atoms with Crippen LogP contribution < -0.4 is 5.32 Å². The topological polar surface area (TPSA) is 83.6 Å². The van der Waals surface area contributed by atoms with Gasteiger partial charge in [-0.3, -0.25) is 4.79 Å². The van der Waals surface area contributed by atoms with E-state index in [2.05, 4.69) is 37.5 Å². The summed E-state index contributed by atoms with van der Waals surface area (Å²) in [5, 5.41) is 22.8. The van der Waals surface area contributed by atoms with Gasteiger partial charge in [0.2, 0.25) is 5.91 Å². The molecule has 0 saturated heterocycles. The summed E-state index contributed by atoms with van der Waals surface area (Å²) < 4.78 is 3.02. The minimum absolute atomic E-state index is 0.128. The number of carbonyl (C=O) groups is 1. The molecule has 0 fully saturated rings. The van der Waals surface area contributed by atoms with Crippen molar-refractivity contribution in [3.05, 3.63) is 44.7 Å². The Balaban J connectivity index is 1.45. The van der Waals surface area contributed by atoms with Crippen LogP contribution in [0.3, 0.4) is 0 Å². The number of hydrogen-bond donors (Lipinski definition) is 1. The number of benzene rings is 1. The van der Waals surface area contributed by atoms with Gasteiger partial charge < -0.3 is 9.88 Å². The summed E-state index contributed by atoms with van der Waals surface area (Å²) in [6, 6.07) is 10.3. The Hall–Kier alpha value is -2.15. The molecule has 0 bridgehead atoms. The number of nitrogens with zero attached hydrogens (tertiary/aromatic N) is 4. The number of fused-ring (bicyclic) bond motifs is 1. The van der Waals surface area contributed by atoms with E-state index in [9.17, 15) is 10.1 Å². The number of nitrogens with one attached hydrogen (secondary N) is 1. The molecule has 1 aliphatic carbocycles. The lowest BCUT2D eigenvalue weighted by Crippen LogP contribution is -2.14. The molecule has 32 heavy (non-hydrogen) atoms. The van der Waals surface area contributed by atoms with E-state index in [0.717, 1.165) is 47.1 Å². The molecule has 2 heterocycles. The van der Waals surface area contributed by atoms with Gasteiger partial charge in [0.1, 0.15) is 11.1 Å². The molecule has 0 saturated carbocycles. The highest BCUT2D eigenvalue weighted by molar-refractivity contribution is 9.10. The van der Waals surface area contributed by atoms with Gasteiger partial charge >= 0.3 is 0 Å². The Bertz CT molecular complexity index is 1150. The standard InChI is InChI=1S/C23H24BrN5OS2/c1-2-29-21(15-9-11-16(24)12-10-15)27-28-23(29)31-14-20(30)26-22-18(13-25)17-7-5-3-4-6-8-19(17)32-22/h9-12H,2-8,14H2,1H3,(H,26,30). The summed E-state index contributed by atoms with van der Waals surface area (Å²) in [7, 11) is 0. The molecule has 1 N–H and O–H groups in total. The Morgan fingerprint density at radius 1 is 1.22 bits per heavy atom. The van der Waals surface area contributed by atoms with Crippen LogP contribution in [0.4, 0.5) is 5.00 Å². The van der Waals surface area contributed by atoms with E-state index in [0.29, 0.717) is 22.3 Å². The van der Waals surface area contributed by atoms with Gasteiger partial charge in [-0.05, 0) is 50.3 Å². The smallest absolute Gasteiger partial charge is 0.235 e. The van der Waals surface area contributed by atoms with Crippen LogP contribution in [0.25, 0.3) is 11.4 Å². The summed E-state index contributed by atoms with van der Waals surface area (Å²) in [6.07, 6.45) is 6.62. The molecule has 0 spiro atoms. The first-order valence-corrected chi connectivity index (χ1v) is 13.4. The third-order valence-electron chi connectivity index (χ3n) is 5.50. The molecule has 1 amide bonds. The van der Waals surface area contributed by atoms with Crippen molar-refractivity contribution in [2.24, 2.45) is 0 Å². The molecule has 6 nitrogen and oxygen atoms in total. The zero-order valence-corrected chi connectivity index (χ0v) is 21.1. The molecule has 0 atom stereocenters. The molecule has 166 valence electrons. The van der Waals surface area contributed by atoms with Crippen molar-refractivity contribution in [1.29, 1.82) is 5.26 Å². The Morgan fingerprint density at radius 2 is 1.97 bits per heavy atom. The average molecular weight is 531 g/mol. The number of anilines is 1. The number of thioether (sulfide) groups is 1. The summed E-state index contributed by atoms with van der Waals surface area (Å²) in [6.45, 7) is 2.74. The van der Waals surface area contributed by atoms with Crippen LogP contribution in [0.1, 0.15) is 48.6 Å². The number of nitriles is 1. The first kappa shape index (κ1) is 23.0. The third-order valence-corrected chi connectivity index (χ3v) is 8.21. The average Bonchev–Trinajstić information content (AvgIpc) is 3.33. The molecule has 9 heteroatoms. The Labute approximate surface area is 204 Å². The van der Waals surface area contributed by atoms with Gasteiger partial charge in [-0.2, -0.15) is 5.26 Å². The van der Waals surface area contributed by atoms with Crippen LogP contribution >= 0.6 is 39.0 Å². The summed E-state index contributed by atoms with van der Waals surface area (Å²) >= 11 is 6.38. The number of hydrogen-bond acceptors (Lipinski definition) is 6. The number of halogens is 1. The van der Waals surface area contributed by atoms with Gasteiger partial charge in [-0.15, -0.1) is 21.5 Å². The van der Waals surface area contributed by atoms with E-state index in [4.69, 9.17) is 0 Å². The highest BCUT2D eigenvalue weighted by Crippen LogP contribution is 2.36. The second-order valence-corrected chi connectivity index (χ2v) is 10.6. The van der Waals surface area contributed by atoms with Gasteiger partial charge in [0.05, 0.1) is 11.3 Å². The maximum Gasteiger partial charge on any atom is 0.235 e. The van der Waals surface area contributed by atoms with Crippen molar-refractivity contribution < 1.29 is 4.79 Å². The fourth-order valence-electron chi connectivity index (χ4n) is 3.91. The van der Waals surface area contributed by atoms with Crippen LogP contribution in [0.2, 0.25) is 0 Å². The minimum Gasteiger partial charge on any atom is -0.316 e. The number of aryl methyl sites for hydroxylation is 1. The number of rotatable bonds is 6. The summed E-state index contributed by atoms with van der Waals surface area (Å²) in [5.74, 6) is 0.871. The second kappa shape index (κ2) is 10.6. The Kier molecular flexibility index (Phi) is 7.66. The second-order valence-electron chi connectivity index (χ2n) is 7.63. The molecule has 0 unspecified atom stereocenters. The van der Waals surface area contributed by atoms with Crippen LogP contribution in [0.5, 0.6) is 0 Å². The van der Waals surface area contributed by atoms with E-state index in [-0.39, 0.29) is 11.7 Å². The first-order valence-electron chi connectivity index (χ1n) is 10.8. The van der Waals surface area contributed by atoms with E-state index >= 15 is 0 Å². The van der Waals surface area contributed by atoms with Gasteiger partial charge in [0.15, 0.2) is 11.0 Å². The molecular formula is C23H24BrN5OS2. The zero-order valence-electron chi connectivity index (χ0n) is 17.9. The number of aromatic nitrogens is 3. The Morgan fingerprint density at radius 3 is 2.69 bits per heavy atom. The number of amides is 1. The van der Waals surface area contributed by atoms with Crippen LogP contribution in [-0.4, -0.2) is 26.4 Å². The van der Waals surface area contributed by atoms with Crippen molar-refractivity contribution >= 4 is 49.9 Å². The normalized spacial score (nSPS) is 13.7. The molecule has 1 aliphatic rings. The van der Waals surface area contributed by atoms with Gasteiger partial charge in [-0.25, -0.2) is 0 Å². The lowest BCUT2D eigenvalue weighted by Gasteiger charge is -2.09. The molecule has 1 aromatic carbocycles. The fraction of sp³-hybridized carbons (Fsp3) is 0.391. The SMILES string of the molecule is CCn1c(SCC(=O)Nc2sc3c(c2C#N)CCCCCC3)nnc1-c1ccc(Br)cc1. The van der Waals surface area contributed by atoms with Crippen LogP contribution in [-0.2, 0) is 24.2 Å². The van der Waals surface area contributed by atoms with Gasteiger partial charge in [-0.1, -0.05) is 52.7 Å². The van der Waals surface area contributed by atoms with Crippen molar-refractivity contribution in [1.82, 2.24) is 14.8 Å². The molecule has 0 radical (unpaired) electrons. The fourth-order valence-corrected chi connectivity index (χ4v) is 6.23. The minimum atomic E-state index is -0.128. The van der Waals surface area contributed by atoms with Gasteiger partial charge in [0, 0.05) is 21.5 Å². The van der Waals surface area contributed by atoms with Crippen molar-refractivity contribution in [3.8, 4) is 17.5 Å². The maximum absolute atomic E-state index is 12.7. The van der Waals surface area contributed by atoms with E-state index in [1.165, 1.54) is 29.5 Å². The molecule has 2 aromatic heterocycles. The molecule has 3 aromatic rings. The molecule has 0 aliphatic heterocycles.